The van der Waals surface area contributed by atoms with Gasteiger partial charge in [0, 0.05) is 38.7 Å². The Bertz CT molecular complexity index is 808. The van der Waals surface area contributed by atoms with Gasteiger partial charge in [-0.15, -0.1) is 0 Å². The lowest BCUT2D eigenvalue weighted by Crippen LogP contribution is -2.50. The fourth-order valence-corrected chi connectivity index (χ4v) is 3.02. The zero-order valence-corrected chi connectivity index (χ0v) is 14.6. The highest BCUT2D eigenvalue weighted by Crippen LogP contribution is 2.31. The van der Waals surface area contributed by atoms with E-state index in [9.17, 15) is 19.1 Å². The summed E-state index contributed by atoms with van der Waals surface area (Å²) >= 11 is 0. The predicted octanol–water partition coefficient (Wildman–Crippen LogP) is 1.84. The highest BCUT2D eigenvalue weighted by atomic mass is 19.1. The second-order valence-corrected chi connectivity index (χ2v) is 6.26. The molecular formula is C18H20FN3O4. The quantitative estimate of drug-likeness (QED) is 0.901. The molecule has 1 aliphatic rings. The smallest absolute Gasteiger partial charge is 0.293 e. The maximum atomic E-state index is 13.1. The minimum atomic E-state index is -0.987. The van der Waals surface area contributed by atoms with E-state index < -0.39 is 11.9 Å². The number of nitrogens with zero attached hydrogens (tertiary/aromatic N) is 3. The number of carbonyl (C=O) groups is 2. The molecule has 2 aromatic rings. The van der Waals surface area contributed by atoms with Crippen molar-refractivity contribution in [2.75, 3.05) is 26.2 Å². The maximum absolute atomic E-state index is 13.1. The number of aliphatic hydroxyl groups excluding tert-OH is 1. The first-order valence-corrected chi connectivity index (χ1v) is 8.37. The summed E-state index contributed by atoms with van der Waals surface area (Å²) in [5.74, 6) is -0.837. The highest BCUT2D eigenvalue weighted by Gasteiger charge is 2.31. The van der Waals surface area contributed by atoms with Crippen LogP contribution in [0.1, 0.15) is 36.1 Å². The van der Waals surface area contributed by atoms with Gasteiger partial charge in [0.15, 0.2) is 0 Å². The molecule has 8 heteroatoms. The molecule has 0 saturated carbocycles. The number of rotatable bonds is 3. The molecule has 138 valence electrons. The molecule has 2 amide bonds. The number of amides is 2. The third-order valence-electron chi connectivity index (χ3n) is 4.47. The van der Waals surface area contributed by atoms with Gasteiger partial charge in [-0.1, -0.05) is 5.16 Å². The fraction of sp³-hybridized carbons (Fsp3) is 0.389. The molecule has 26 heavy (non-hydrogen) atoms. The van der Waals surface area contributed by atoms with Crippen molar-refractivity contribution in [3.05, 3.63) is 41.4 Å². The van der Waals surface area contributed by atoms with Crippen LogP contribution < -0.4 is 0 Å². The zero-order valence-electron chi connectivity index (χ0n) is 14.6. The number of aliphatic hydroxyl groups is 1. The average Bonchev–Trinajstić information content (AvgIpc) is 3.07. The monoisotopic (exact) mass is 361 g/mol. The molecule has 0 radical (unpaired) electrons. The van der Waals surface area contributed by atoms with E-state index in [1.165, 1.54) is 38.1 Å². The van der Waals surface area contributed by atoms with E-state index in [0.29, 0.717) is 37.4 Å². The third-order valence-corrected chi connectivity index (χ3v) is 4.47. The molecule has 0 spiro atoms. The molecule has 1 fully saturated rings. The summed E-state index contributed by atoms with van der Waals surface area (Å²) in [6.07, 6.45) is -0.987. The topological polar surface area (TPSA) is 86.9 Å². The maximum Gasteiger partial charge on any atom is 0.293 e. The normalized spacial score (nSPS) is 15.8. The molecule has 0 bridgehead atoms. The molecule has 1 saturated heterocycles. The Morgan fingerprint density at radius 2 is 1.73 bits per heavy atom. The van der Waals surface area contributed by atoms with Gasteiger partial charge in [-0.25, -0.2) is 4.39 Å². The standard InChI is InChI=1S/C18H20FN3O4/c1-11(23)15-16(13-3-5-14(19)6-4-13)20-26-17(15)18(25)22-9-7-21(8-10-22)12(2)24/h3-6,11,23H,7-10H2,1-2H3/t11-/m0/s1. The number of halogens is 1. The summed E-state index contributed by atoms with van der Waals surface area (Å²) in [6.45, 7) is 4.67. The minimum absolute atomic E-state index is 0.0278. The van der Waals surface area contributed by atoms with Gasteiger partial charge in [0.05, 0.1) is 11.7 Å². The molecule has 0 unspecified atom stereocenters. The summed E-state index contributed by atoms with van der Waals surface area (Å²) < 4.78 is 18.4. The van der Waals surface area contributed by atoms with Crippen LogP contribution in [0.5, 0.6) is 0 Å². The first-order chi connectivity index (χ1) is 12.4. The number of benzene rings is 1. The summed E-state index contributed by atoms with van der Waals surface area (Å²) in [5.41, 5.74) is 1.13. The van der Waals surface area contributed by atoms with Crippen LogP contribution in [0.25, 0.3) is 11.3 Å². The molecule has 7 nitrogen and oxygen atoms in total. The Morgan fingerprint density at radius 3 is 2.27 bits per heavy atom. The lowest BCUT2D eigenvalue weighted by molar-refractivity contribution is -0.130. The summed E-state index contributed by atoms with van der Waals surface area (Å²) in [4.78, 5) is 27.5. The predicted molar refractivity (Wildman–Crippen MR) is 90.7 cm³/mol. The van der Waals surface area contributed by atoms with Crippen LogP contribution in [-0.2, 0) is 4.79 Å². The van der Waals surface area contributed by atoms with Crippen LogP contribution in [0.3, 0.4) is 0 Å². The van der Waals surface area contributed by atoms with Crippen LogP contribution in [0, 0.1) is 5.82 Å². The zero-order chi connectivity index (χ0) is 18.8. The average molecular weight is 361 g/mol. The summed E-state index contributed by atoms with van der Waals surface area (Å²) in [7, 11) is 0. The Morgan fingerprint density at radius 1 is 1.15 bits per heavy atom. The number of piperazine rings is 1. The number of hydrogen-bond donors (Lipinski definition) is 1. The van der Waals surface area contributed by atoms with Gasteiger partial charge >= 0.3 is 0 Å². The highest BCUT2D eigenvalue weighted by molar-refractivity contribution is 5.95. The second-order valence-electron chi connectivity index (χ2n) is 6.26. The van der Waals surface area contributed by atoms with Gasteiger partial charge in [0.1, 0.15) is 11.5 Å². The third kappa shape index (κ3) is 3.45. The van der Waals surface area contributed by atoms with Gasteiger partial charge < -0.3 is 19.4 Å². The number of carbonyl (C=O) groups excluding carboxylic acids is 2. The van der Waals surface area contributed by atoms with Crippen molar-refractivity contribution in [1.29, 1.82) is 0 Å². The van der Waals surface area contributed by atoms with E-state index in [2.05, 4.69) is 5.16 Å². The molecule has 1 N–H and O–H groups in total. The Kier molecular flexibility index (Phi) is 5.03. The van der Waals surface area contributed by atoms with Gasteiger partial charge in [0.2, 0.25) is 11.7 Å². The first kappa shape index (κ1) is 18.1. The second kappa shape index (κ2) is 7.25. The largest absolute Gasteiger partial charge is 0.388 e. The van der Waals surface area contributed by atoms with Gasteiger partial charge in [-0.2, -0.15) is 0 Å². The molecule has 0 aliphatic carbocycles. The van der Waals surface area contributed by atoms with Crippen LogP contribution in [-0.4, -0.2) is 58.1 Å². The minimum Gasteiger partial charge on any atom is -0.388 e. The summed E-state index contributed by atoms with van der Waals surface area (Å²) in [5, 5.41) is 14.1. The molecule has 3 rings (SSSR count). The van der Waals surface area contributed by atoms with Crippen LogP contribution in [0.2, 0.25) is 0 Å². The van der Waals surface area contributed by atoms with Crippen LogP contribution >= 0.6 is 0 Å². The Labute approximate surface area is 150 Å². The van der Waals surface area contributed by atoms with Crippen LogP contribution in [0.15, 0.2) is 28.8 Å². The van der Waals surface area contributed by atoms with Crippen molar-refractivity contribution >= 4 is 11.8 Å². The SMILES string of the molecule is CC(=O)N1CCN(C(=O)c2onc(-c3ccc(F)cc3)c2[C@H](C)O)CC1. The summed E-state index contributed by atoms with van der Waals surface area (Å²) in [6, 6.07) is 5.58. The van der Waals surface area contributed by atoms with Crippen molar-refractivity contribution in [2.24, 2.45) is 0 Å². The molecular weight excluding hydrogens is 341 g/mol. The van der Waals surface area contributed by atoms with E-state index >= 15 is 0 Å². The van der Waals surface area contributed by atoms with Crippen molar-refractivity contribution in [3.63, 3.8) is 0 Å². The van der Waals surface area contributed by atoms with E-state index in [0.717, 1.165) is 0 Å². The molecule has 1 atom stereocenters. The van der Waals surface area contributed by atoms with Crippen LogP contribution in [0.4, 0.5) is 4.39 Å². The fourth-order valence-electron chi connectivity index (χ4n) is 3.02. The van der Waals surface area contributed by atoms with Crippen molar-refractivity contribution < 1.29 is 23.6 Å². The van der Waals surface area contributed by atoms with E-state index in [-0.39, 0.29) is 23.1 Å². The van der Waals surface area contributed by atoms with Crippen molar-refractivity contribution in [3.8, 4) is 11.3 Å². The van der Waals surface area contributed by atoms with Gasteiger partial charge in [-0.05, 0) is 31.2 Å². The molecule has 1 aromatic carbocycles. The van der Waals surface area contributed by atoms with E-state index in [1.807, 2.05) is 0 Å². The lowest BCUT2D eigenvalue weighted by Gasteiger charge is -2.33. The lowest BCUT2D eigenvalue weighted by atomic mass is 10.0. The number of aromatic nitrogens is 1. The van der Waals surface area contributed by atoms with Gasteiger partial charge in [0.25, 0.3) is 5.91 Å². The van der Waals surface area contributed by atoms with Gasteiger partial charge in [-0.3, -0.25) is 9.59 Å². The first-order valence-electron chi connectivity index (χ1n) is 8.37. The van der Waals surface area contributed by atoms with E-state index in [4.69, 9.17) is 4.52 Å². The molecule has 1 aromatic heterocycles. The van der Waals surface area contributed by atoms with Crippen molar-refractivity contribution in [2.45, 2.75) is 20.0 Å². The Hall–Kier alpha value is -2.74. The molecule has 2 heterocycles. The Balaban J connectivity index is 1.87. The van der Waals surface area contributed by atoms with Crippen molar-refractivity contribution in [1.82, 2.24) is 15.0 Å². The molecule has 1 aliphatic heterocycles. The number of hydrogen-bond acceptors (Lipinski definition) is 5. The van der Waals surface area contributed by atoms with E-state index in [1.54, 1.807) is 9.80 Å².